The van der Waals surface area contributed by atoms with Gasteiger partial charge in [-0.3, -0.25) is 29.8 Å². The van der Waals surface area contributed by atoms with Gasteiger partial charge in [-0.2, -0.15) is 0 Å². The predicted molar refractivity (Wildman–Crippen MR) is 116 cm³/mol. The van der Waals surface area contributed by atoms with Crippen LogP contribution in [-0.2, 0) is 4.79 Å². The second kappa shape index (κ2) is 9.47. The minimum Gasteiger partial charge on any atom is -0.336 e. The van der Waals surface area contributed by atoms with Crippen molar-refractivity contribution in [2.24, 2.45) is 0 Å². The molecular weight excluding hydrogens is 416 g/mol. The van der Waals surface area contributed by atoms with Crippen molar-refractivity contribution in [3.8, 4) is 0 Å². The smallest absolute Gasteiger partial charge is 0.279 e. The van der Waals surface area contributed by atoms with Gasteiger partial charge in [-0.25, -0.2) is 0 Å². The number of nitrogens with zero attached hydrogens (tertiary/aromatic N) is 2. The Balaban J connectivity index is 1.98. The van der Waals surface area contributed by atoms with Crippen molar-refractivity contribution in [3.05, 3.63) is 110 Å². The van der Waals surface area contributed by atoms with Gasteiger partial charge < -0.3 is 10.6 Å². The summed E-state index contributed by atoms with van der Waals surface area (Å²) in [4.78, 5) is 46.9. The van der Waals surface area contributed by atoms with Gasteiger partial charge in [0.1, 0.15) is 6.04 Å². The maximum Gasteiger partial charge on any atom is 0.279 e. The third-order valence-electron chi connectivity index (χ3n) is 4.73. The van der Waals surface area contributed by atoms with Crippen molar-refractivity contribution in [3.63, 3.8) is 0 Å². The number of nitro groups is 2. The molecule has 1 atom stereocenters. The van der Waals surface area contributed by atoms with E-state index in [1.54, 1.807) is 60.7 Å². The van der Waals surface area contributed by atoms with Gasteiger partial charge in [0, 0.05) is 17.3 Å². The van der Waals surface area contributed by atoms with Crippen LogP contribution in [0.4, 0.5) is 17.1 Å². The van der Waals surface area contributed by atoms with Gasteiger partial charge >= 0.3 is 0 Å². The largest absolute Gasteiger partial charge is 0.336 e. The van der Waals surface area contributed by atoms with E-state index in [1.165, 1.54) is 6.92 Å². The summed E-state index contributed by atoms with van der Waals surface area (Å²) in [7, 11) is 0. The minimum absolute atomic E-state index is 0.0478. The molecule has 0 saturated heterocycles. The molecule has 0 radical (unpaired) electrons. The number of nitrogens with one attached hydrogen (secondary N) is 2. The summed E-state index contributed by atoms with van der Waals surface area (Å²) in [5.74, 6) is -1.40. The standard InChI is InChI=1S/C22H18N4O6/c1-14-18(12-17(25(29)30)13-19(14)26(31)32)21(27)24-20(15-8-4-2-5-9-15)22(28)23-16-10-6-3-7-11-16/h2-13,20H,1H3,(H,23,28)(H,24,27). The summed E-state index contributed by atoms with van der Waals surface area (Å²) in [5.41, 5.74) is -0.499. The number of para-hydroxylation sites is 1. The Kier molecular flexibility index (Phi) is 6.54. The van der Waals surface area contributed by atoms with Crippen LogP contribution in [0, 0.1) is 27.2 Å². The van der Waals surface area contributed by atoms with Gasteiger partial charge in [0.15, 0.2) is 0 Å². The van der Waals surface area contributed by atoms with E-state index in [9.17, 15) is 29.8 Å². The lowest BCUT2D eigenvalue weighted by molar-refractivity contribution is -0.394. The molecule has 2 amide bonds. The Hall–Kier alpha value is -4.60. The topological polar surface area (TPSA) is 144 Å². The van der Waals surface area contributed by atoms with Crippen LogP contribution in [0.25, 0.3) is 0 Å². The maximum atomic E-state index is 13.0. The Labute approximate surface area is 182 Å². The van der Waals surface area contributed by atoms with E-state index in [0.717, 1.165) is 12.1 Å². The highest BCUT2D eigenvalue weighted by Crippen LogP contribution is 2.28. The number of carbonyl (C=O) groups excluding carboxylic acids is 2. The number of amides is 2. The zero-order valence-corrected chi connectivity index (χ0v) is 16.8. The second-order valence-electron chi connectivity index (χ2n) is 6.82. The average Bonchev–Trinajstić information content (AvgIpc) is 2.78. The first kappa shape index (κ1) is 22.1. The first-order valence-corrected chi connectivity index (χ1v) is 9.43. The van der Waals surface area contributed by atoms with Gasteiger partial charge in [0.05, 0.1) is 21.5 Å². The lowest BCUT2D eigenvalue weighted by Gasteiger charge is -2.19. The molecule has 32 heavy (non-hydrogen) atoms. The van der Waals surface area contributed by atoms with Gasteiger partial charge in [-0.05, 0) is 24.6 Å². The molecule has 3 rings (SSSR count). The molecule has 2 N–H and O–H groups in total. The molecule has 0 aromatic heterocycles. The number of carbonyl (C=O) groups is 2. The fourth-order valence-corrected chi connectivity index (χ4v) is 3.11. The third kappa shape index (κ3) is 4.93. The molecule has 0 aliphatic heterocycles. The summed E-state index contributed by atoms with van der Waals surface area (Å²) < 4.78 is 0. The van der Waals surface area contributed by atoms with Crippen LogP contribution >= 0.6 is 0 Å². The van der Waals surface area contributed by atoms with Crippen molar-refractivity contribution in [1.29, 1.82) is 0 Å². The van der Waals surface area contributed by atoms with Gasteiger partial charge in [0.2, 0.25) is 0 Å². The van der Waals surface area contributed by atoms with Crippen LogP contribution in [0.5, 0.6) is 0 Å². The van der Waals surface area contributed by atoms with Gasteiger partial charge in [-0.1, -0.05) is 48.5 Å². The second-order valence-corrected chi connectivity index (χ2v) is 6.82. The molecular formula is C22H18N4O6. The van der Waals surface area contributed by atoms with E-state index in [0.29, 0.717) is 11.3 Å². The van der Waals surface area contributed by atoms with E-state index in [2.05, 4.69) is 10.6 Å². The SMILES string of the molecule is Cc1c(C(=O)NC(C(=O)Nc2ccccc2)c2ccccc2)cc([N+](=O)[O-])cc1[N+](=O)[O-]. The Morgan fingerprint density at radius 2 is 1.47 bits per heavy atom. The van der Waals surface area contributed by atoms with Crippen molar-refractivity contribution >= 4 is 28.9 Å². The summed E-state index contributed by atoms with van der Waals surface area (Å²) in [6.07, 6.45) is 0. The monoisotopic (exact) mass is 434 g/mol. The van der Waals surface area contributed by atoms with Crippen molar-refractivity contribution < 1.29 is 19.4 Å². The highest BCUT2D eigenvalue weighted by molar-refractivity contribution is 6.03. The first-order chi connectivity index (χ1) is 15.3. The quantitative estimate of drug-likeness (QED) is 0.426. The number of benzene rings is 3. The fourth-order valence-electron chi connectivity index (χ4n) is 3.11. The fraction of sp³-hybridized carbons (Fsp3) is 0.0909. The molecule has 0 spiro atoms. The maximum absolute atomic E-state index is 13.0. The number of anilines is 1. The number of rotatable bonds is 7. The Bertz CT molecular complexity index is 1180. The van der Waals surface area contributed by atoms with Gasteiger partial charge in [-0.15, -0.1) is 0 Å². The molecule has 0 heterocycles. The highest BCUT2D eigenvalue weighted by atomic mass is 16.6. The normalized spacial score (nSPS) is 11.3. The molecule has 10 heteroatoms. The number of nitro benzene ring substituents is 2. The average molecular weight is 434 g/mol. The lowest BCUT2D eigenvalue weighted by Crippen LogP contribution is -2.37. The molecule has 0 fully saturated rings. The molecule has 10 nitrogen and oxygen atoms in total. The highest BCUT2D eigenvalue weighted by Gasteiger charge is 2.28. The first-order valence-electron chi connectivity index (χ1n) is 9.43. The minimum atomic E-state index is -1.15. The molecule has 1 unspecified atom stereocenters. The van der Waals surface area contributed by atoms with Crippen LogP contribution < -0.4 is 10.6 Å². The van der Waals surface area contributed by atoms with Crippen LogP contribution in [-0.4, -0.2) is 21.7 Å². The Morgan fingerprint density at radius 3 is 2.03 bits per heavy atom. The molecule has 3 aromatic carbocycles. The molecule has 3 aromatic rings. The summed E-state index contributed by atoms with van der Waals surface area (Å²) in [6.45, 7) is 1.32. The summed E-state index contributed by atoms with van der Waals surface area (Å²) in [6, 6.07) is 17.6. The molecule has 0 saturated carbocycles. The summed E-state index contributed by atoms with van der Waals surface area (Å²) >= 11 is 0. The van der Waals surface area contributed by atoms with Crippen molar-refractivity contribution in [1.82, 2.24) is 5.32 Å². The predicted octanol–water partition coefficient (Wildman–Crippen LogP) is 3.92. The molecule has 0 bridgehead atoms. The Morgan fingerprint density at radius 1 is 0.875 bits per heavy atom. The van der Waals surface area contributed by atoms with Crippen LogP contribution in [0.2, 0.25) is 0 Å². The van der Waals surface area contributed by atoms with E-state index in [1.807, 2.05) is 0 Å². The molecule has 0 aliphatic carbocycles. The van der Waals surface area contributed by atoms with Crippen molar-refractivity contribution in [2.75, 3.05) is 5.32 Å². The zero-order valence-electron chi connectivity index (χ0n) is 16.8. The number of hydrogen-bond acceptors (Lipinski definition) is 6. The van der Waals surface area contributed by atoms with Gasteiger partial charge in [0.25, 0.3) is 23.2 Å². The molecule has 0 aliphatic rings. The van der Waals surface area contributed by atoms with Crippen LogP contribution in [0.15, 0.2) is 72.8 Å². The third-order valence-corrected chi connectivity index (χ3v) is 4.73. The van der Waals surface area contributed by atoms with Crippen molar-refractivity contribution in [2.45, 2.75) is 13.0 Å². The zero-order chi connectivity index (χ0) is 23.3. The number of non-ortho nitro benzene ring substituents is 1. The number of hydrogen-bond donors (Lipinski definition) is 2. The van der Waals surface area contributed by atoms with E-state index >= 15 is 0 Å². The van der Waals surface area contributed by atoms with Crippen LogP contribution in [0.1, 0.15) is 27.5 Å². The van der Waals surface area contributed by atoms with E-state index < -0.39 is 39.1 Å². The lowest BCUT2D eigenvalue weighted by atomic mass is 10.0. The van der Waals surface area contributed by atoms with E-state index in [-0.39, 0.29) is 11.1 Å². The van der Waals surface area contributed by atoms with E-state index in [4.69, 9.17) is 0 Å². The molecule has 162 valence electrons. The van der Waals surface area contributed by atoms with Crippen LogP contribution in [0.3, 0.4) is 0 Å². The summed E-state index contributed by atoms with van der Waals surface area (Å²) in [5, 5.41) is 27.8.